The number of nitrogens with one attached hydrogen (secondary N) is 2. The molecule has 0 unspecified atom stereocenters. The normalized spacial score (nSPS) is 11.6. The van der Waals surface area contributed by atoms with Crippen molar-refractivity contribution in [3.8, 4) is 0 Å². The Morgan fingerprint density at radius 2 is 2.11 bits per heavy atom. The first-order valence-electron chi connectivity index (χ1n) is 6.11. The van der Waals surface area contributed by atoms with E-state index in [-0.39, 0.29) is 18.0 Å². The van der Waals surface area contributed by atoms with Gasteiger partial charge in [-0.2, -0.15) is 0 Å². The highest BCUT2D eigenvalue weighted by molar-refractivity contribution is 7.18. The Labute approximate surface area is 116 Å². The fraction of sp³-hybridized carbons (Fsp3) is 0.462. The summed E-state index contributed by atoms with van der Waals surface area (Å²) >= 11 is 1.62. The maximum absolute atomic E-state index is 11.8. The number of hydrogen-bond donors (Lipinski definition) is 2. The van der Waals surface area contributed by atoms with Gasteiger partial charge in [0.1, 0.15) is 17.0 Å². The first-order valence-corrected chi connectivity index (χ1v) is 6.93. The predicted octanol–water partition coefficient (Wildman–Crippen LogP) is 2.33. The second kappa shape index (κ2) is 5.13. The van der Waals surface area contributed by atoms with Crippen LogP contribution >= 0.6 is 11.3 Å². The van der Waals surface area contributed by atoms with Gasteiger partial charge < -0.3 is 10.6 Å². The van der Waals surface area contributed by atoms with Crippen molar-refractivity contribution < 1.29 is 4.79 Å². The van der Waals surface area contributed by atoms with Gasteiger partial charge >= 0.3 is 0 Å². The molecule has 102 valence electrons. The fourth-order valence-corrected chi connectivity index (χ4v) is 2.59. The summed E-state index contributed by atoms with van der Waals surface area (Å²) in [5.74, 6) is 0.657. The highest BCUT2D eigenvalue weighted by Crippen LogP contribution is 2.27. The summed E-state index contributed by atoms with van der Waals surface area (Å²) in [6.07, 6.45) is 1.52. The first-order chi connectivity index (χ1) is 8.85. The van der Waals surface area contributed by atoms with Crippen molar-refractivity contribution in [2.75, 3.05) is 11.9 Å². The molecule has 0 spiro atoms. The monoisotopic (exact) mass is 278 g/mol. The SMILES string of the molecule is Cc1cc2c(NCC(=O)NC(C)(C)C)ncnc2s1. The Morgan fingerprint density at radius 1 is 1.37 bits per heavy atom. The molecule has 19 heavy (non-hydrogen) atoms. The minimum atomic E-state index is -0.223. The summed E-state index contributed by atoms with van der Waals surface area (Å²) in [4.78, 5) is 22.3. The summed E-state index contributed by atoms with van der Waals surface area (Å²) < 4.78 is 0. The smallest absolute Gasteiger partial charge is 0.239 e. The van der Waals surface area contributed by atoms with E-state index in [0.717, 1.165) is 10.2 Å². The molecule has 2 N–H and O–H groups in total. The van der Waals surface area contributed by atoms with E-state index in [4.69, 9.17) is 0 Å². The summed E-state index contributed by atoms with van der Waals surface area (Å²) in [6, 6.07) is 2.03. The minimum absolute atomic E-state index is 0.0498. The van der Waals surface area contributed by atoms with E-state index in [1.165, 1.54) is 11.2 Å². The molecule has 0 fully saturated rings. The van der Waals surface area contributed by atoms with E-state index in [2.05, 4.69) is 20.6 Å². The third kappa shape index (κ3) is 3.64. The highest BCUT2D eigenvalue weighted by atomic mass is 32.1. The lowest BCUT2D eigenvalue weighted by Gasteiger charge is -2.20. The average molecular weight is 278 g/mol. The quantitative estimate of drug-likeness (QED) is 0.904. The standard InChI is InChI=1S/C13H18N4OS/c1-8-5-9-11(15-7-16-12(9)19-8)14-6-10(18)17-13(2,3)4/h5,7H,6H2,1-4H3,(H,17,18)(H,14,15,16). The zero-order valence-electron chi connectivity index (χ0n) is 11.6. The van der Waals surface area contributed by atoms with Crippen molar-refractivity contribution in [2.24, 2.45) is 0 Å². The Balaban J connectivity index is 2.08. The molecule has 0 saturated heterocycles. The summed E-state index contributed by atoms with van der Waals surface area (Å²) in [5.41, 5.74) is -0.223. The van der Waals surface area contributed by atoms with Gasteiger partial charge in [0.25, 0.3) is 0 Å². The summed E-state index contributed by atoms with van der Waals surface area (Å²) in [6.45, 7) is 8.10. The Kier molecular flexibility index (Phi) is 3.71. The zero-order chi connectivity index (χ0) is 14.0. The number of carbonyl (C=O) groups is 1. The maximum Gasteiger partial charge on any atom is 0.239 e. The van der Waals surface area contributed by atoms with Gasteiger partial charge in [-0.3, -0.25) is 4.79 Å². The fourth-order valence-electron chi connectivity index (χ4n) is 1.74. The van der Waals surface area contributed by atoms with Crippen LogP contribution in [0.25, 0.3) is 10.2 Å². The second-order valence-electron chi connectivity index (χ2n) is 5.45. The molecule has 1 amide bonds. The number of rotatable bonds is 3. The van der Waals surface area contributed by atoms with E-state index in [1.807, 2.05) is 33.8 Å². The second-order valence-corrected chi connectivity index (χ2v) is 6.68. The molecule has 0 saturated carbocycles. The molecule has 0 bridgehead atoms. The maximum atomic E-state index is 11.8. The predicted molar refractivity (Wildman–Crippen MR) is 78.5 cm³/mol. The number of aromatic nitrogens is 2. The molecule has 0 atom stereocenters. The van der Waals surface area contributed by atoms with Gasteiger partial charge in [-0.25, -0.2) is 9.97 Å². The number of thiophene rings is 1. The van der Waals surface area contributed by atoms with E-state index in [1.54, 1.807) is 11.3 Å². The molecule has 0 aliphatic rings. The van der Waals surface area contributed by atoms with Gasteiger partial charge in [-0.1, -0.05) is 0 Å². The van der Waals surface area contributed by atoms with E-state index < -0.39 is 0 Å². The van der Waals surface area contributed by atoms with Gasteiger partial charge in [0, 0.05) is 10.4 Å². The first kappa shape index (κ1) is 13.7. The van der Waals surface area contributed by atoms with Crippen LogP contribution in [0, 0.1) is 6.92 Å². The van der Waals surface area contributed by atoms with E-state index >= 15 is 0 Å². The van der Waals surface area contributed by atoms with Gasteiger partial charge in [-0.05, 0) is 33.8 Å². The van der Waals surface area contributed by atoms with Crippen molar-refractivity contribution in [2.45, 2.75) is 33.2 Å². The molecule has 2 rings (SSSR count). The molecular formula is C13H18N4OS. The van der Waals surface area contributed by atoms with Crippen LogP contribution < -0.4 is 10.6 Å². The van der Waals surface area contributed by atoms with Crippen molar-refractivity contribution in [3.63, 3.8) is 0 Å². The highest BCUT2D eigenvalue weighted by Gasteiger charge is 2.14. The lowest BCUT2D eigenvalue weighted by Crippen LogP contribution is -2.43. The molecule has 5 nitrogen and oxygen atoms in total. The van der Waals surface area contributed by atoms with Crippen LogP contribution in [-0.4, -0.2) is 28.0 Å². The number of nitrogens with zero attached hydrogens (tertiary/aromatic N) is 2. The van der Waals surface area contributed by atoms with Gasteiger partial charge in [0.2, 0.25) is 5.91 Å². The third-order valence-corrected chi connectivity index (χ3v) is 3.34. The van der Waals surface area contributed by atoms with Crippen LogP contribution in [0.2, 0.25) is 0 Å². The number of fused-ring (bicyclic) bond motifs is 1. The Hall–Kier alpha value is -1.69. The van der Waals surface area contributed by atoms with Crippen LogP contribution in [-0.2, 0) is 4.79 Å². The van der Waals surface area contributed by atoms with Crippen molar-refractivity contribution >= 4 is 33.3 Å². The van der Waals surface area contributed by atoms with Gasteiger partial charge in [0.15, 0.2) is 0 Å². The van der Waals surface area contributed by atoms with Crippen LogP contribution in [0.3, 0.4) is 0 Å². The Morgan fingerprint density at radius 3 is 2.79 bits per heavy atom. The average Bonchev–Trinajstić information content (AvgIpc) is 2.64. The van der Waals surface area contributed by atoms with Crippen molar-refractivity contribution in [1.29, 1.82) is 0 Å². The summed E-state index contributed by atoms with van der Waals surface area (Å²) in [5, 5.41) is 6.93. The lowest BCUT2D eigenvalue weighted by molar-refractivity contribution is -0.120. The van der Waals surface area contributed by atoms with Gasteiger partial charge in [0.05, 0.1) is 11.9 Å². The number of carbonyl (C=O) groups excluding carboxylic acids is 1. The van der Waals surface area contributed by atoms with Gasteiger partial charge in [-0.15, -0.1) is 11.3 Å². The molecule has 0 aromatic carbocycles. The largest absolute Gasteiger partial charge is 0.360 e. The van der Waals surface area contributed by atoms with E-state index in [9.17, 15) is 4.79 Å². The lowest BCUT2D eigenvalue weighted by atomic mass is 10.1. The molecule has 0 aliphatic carbocycles. The number of aryl methyl sites for hydroxylation is 1. The topological polar surface area (TPSA) is 66.9 Å². The molecule has 2 heterocycles. The van der Waals surface area contributed by atoms with Crippen molar-refractivity contribution in [1.82, 2.24) is 15.3 Å². The van der Waals surface area contributed by atoms with E-state index in [0.29, 0.717) is 5.82 Å². The van der Waals surface area contributed by atoms with Crippen LogP contribution in [0.4, 0.5) is 5.82 Å². The zero-order valence-corrected chi connectivity index (χ0v) is 12.4. The summed E-state index contributed by atoms with van der Waals surface area (Å²) in [7, 11) is 0. The number of anilines is 1. The molecule has 2 aromatic heterocycles. The molecular weight excluding hydrogens is 260 g/mol. The molecule has 6 heteroatoms. The number of hydrogen-bond acceptors (Lipinski definition) is 5. The third-order valence-electron chi connectivity index (χ3n) is 2.38. The van der Waals surface area contributed by atoms with Crippen LogP contribution in [0.15, 0.2) is 12.4 Å². The molecule has 2 aromatic rings. The molecule has 0 radical (unpaired) electrons. The molecule has 0 aliphatic heterocycles. The van der Waals surface area contributed by atoms with Crippen LogP contribution in [0.1, 0.15) is 25.6 Å². The van der Waals surface area contributed by atoms with Crippen molar-refractivity contribution in [3.05, 3.63) is 17.3 Å². The minimum Gasteiger partial charge on any atom is -0.360 e. The van der Waals surface area contributed by atoms with Crippen LogP contribution in [0.5, 0.6) is 0 Å². The Bertz CT molecular complexity index is 600. The number of amides is 1.